The van der Waals surface area contributed by atoms with Gasteiger partial charge in [-0.25, -0.2) is 0 Å². The van der Waals surface area contributed by atoms with Crippen LogP contribution >= 0.6 is 0 Å². The van der Waals surface area contributed by atoms with Gasteiger partial charge in [-0.2, -0.15) is 5.10 Å². The van der Waals surface area contributed by atoms with E-state index in [-0.39, 0.29) is 36.5 Å². The van der Waals surface area contributed by atoms with E-state index in [0.717, 1.165) is 6.20 Å². The molecule has 1 aliphatic rings. The second-order valence-electron chi connectivity index (χ2n) is 5.08. The first kappa shape index (κ1) is 14.9. The number of rotatable bonds is 6. The molecule has 1 amide bonds. The zero-order chi connectivity index (χ0) is 15.4. The summed E-state index contributed by atoms with van der Waals surface area (Å²) in [6.45, 7) is 0.245. The molecular formula is C12H16N4O5. The second-order valence-corrected chi connectivity index (χ2v) is 5.08. The van der Waals surface area contributed by atoms with E-state index in [0.29, 0.717) is 19.3 Å². The summed E-state index contributed by atoms with van der Waals surface area (Å²) in [4.78, 5) is 32.5. The third kappa shape index (κ3) is 4.01. The maximum atomic E-state index is 11.8. The van der Waals surface area contributed by atoms with Crippen LogP contribution in [0.2, 0.25) is 0 Å². The average molecular weight is 296 g/mol. The molecule has 1 aromatic rings. The van der Waals surface area contributed by atoms with E-state index in [4.69, 9.17) is 5.11 Å². The van der Waals surface area contributed by atoms with Crippen molar-refractivity contribution >= 4 is 17.6 Å². The molecule has 1 aromatic heterocycles. The summed E-state index contributed by atoms with van der Waals surface area (Å²) in [6.07, 6.45) is 4.23. The lowest BCUT2D eigenvalue weighted by atomic mass is 10.1. The van der Waals surface area contributed by atoms with Crippen molar-refractivity contribution in [1.29, 1.82) is 0 Å². The van der Waals surface area contributed by atoms with Gasteiger partial charge in [0.05, 0.1) is 10.8 Å². The molecule has 1 heterocycles. The number of aliphatic carboxylic acids is 1. The number of aryl methyl sites for hydroxylation is 1. The number of aromatic nitrogens is 2. The molecule has 0 spiro atoms. The summed E-state index contributed by atoms with van der Waals surface area (Å²) in [5.41, 5.74) is -0.115. The summed E-state index contributed by atoms with van der Waals surface area (Å²) < 4.78 is 1.34. The number of nitrogens with zero attached hydrogens (tertiary/aromatic N) is 3. The predicted octanol–water partition coefficient (Wildman–Crippen LogP) is 0.551. The third-order valence-corrected chi connectivity index (χ3v) is 3.55. The fourth-order valence-electron chi connectivity index (χ4n) is 2.42. The second kappa shape index (κ2) is 6.33. The summed E-state index contributed by atoms with van der Waals surface area (Å²) in [5.74, 6) is -1.41. The Kier molecular flexibility index (Phi) is 4.51. The number of carbonyl (C=O) groups excluding carboxylic acids is 1. The summed E-state index contributed by atoms with van der Waals surface area (Å²) >= 11 is 0. The minimum atomic E-state index is -0.824. The van der Waals surface area contributed by atoms with Gasteiger partial charge in [-0.05, 0) is 19.3 Å². The highest BCUT2D eigenvalue weighted by Gasteiger charge is 2.30. The summed E-state index contributed by atoms with van der Waals surface area (Å²) in [6, 6.07) is -0.106. The number of carbonyl (C=O) groups is 2. The minimum absolute atomic E-state index is 0.106. The molecule has 114 valence electrons. The van der Waals surface area contributed by atoms with Crippen LogP contribution in [0, 0.1) is 16.0 Å². The number of nitro groups is 1. The first-order valence-corrected chi connectivity index (χ1v) is 6.64. The minimum Gasteiger partial charge on any atom is -0.481 e. The molecule has 1 aliphatic carbocycles. The molecule has 2 atom stereocenters. The topological polar surface area (TPSA) is 127 Å². The fourth-order valence-corrected chi connectivity index (χ4v) is 2.42. The molecule has 0 aliphatic heterocycles. The Morgan fingerprint density at radius 3 is 2.86 bits per heavy atom. The van der Waals surface area contributed by atoms with Gasteiger partial charge in [-0.15, -0.1) is 0 Å². The lowest BCUT2D eigenvalue weighted by molar-refractivity contribution is -0.385. The smallest absolute Gasteiger partial charge is 0.306 e. The van der Waals surface area contributed by atoms with Crippen molar-refractivity contribution in [1.82, 2.24) is 15.1 Å². The number of amides is 1. The van der Waals surface area contributed by atoms with Gasteiger partial charge in [-0.3, -0.25) is 24.4 Å². The first-order valence-electron chi connectivity index (χ1n) is 6.64. The number of carboxylic acid groups (broad SMARTS) is 1. The number of hydrogen-bond donors (Lipinski definition) is 2. The standard InChI is InChI=1S/C12H16N4O5/c17-11(14-9-2-1-8(5-9)12(18)19)3-4-15-7-10(6-13-15)16(20)21/h6-9H,1-5H2,(H,14,17)(H,18,19)/t8-,9+/m0/s1. The van der Waals surface area contributed by atoms with Crippen LogP contribution in [0.5, 0.6) is 0 Å². The Morgan fingerprint density at radius 1 is 1.52 bits per heavy atom. The van der Waals surface area contributed by atoms with E-state index < -0.39 is 10.9 Å². The molecule has 0 unspecified atom stereocenters. The molecule has 0 radical (unpaired) electrons. The maximum absolute atomic E-state index is 11.8. The zero-order valence-electron chi connectivity index (χ0n) is 11.3. The van der Waals surface area contributed by atoms with Crippen molar-refractivity contribution in [2.75, 3.05) is 0 Å². The molecular weight excluding hydrogens is 280 g/mol. The van der Waals surface area contributed by atoms with Crippen molar-refractivity contribution < 1.29 is 19.6 Å². The highest BCUT2D eigenvalue weighted by Crippen LogP contribution is 2.25. The zero-order valence-corrected chi connectivity index (χ0v) is 11.3. The Balaban J connectivity index is 1.75. The molecule has 0 saturated heterocycles. The van der Waals surface area contributed by atoms with Crippen LogP contribution in [-0.2, 0) is 16.1 Å². The maximum Gasteiger partial charge on any atom is 0.306 e. The highest BCUT2D eigenvalue weighted by atomic mass is 16.6. The number of hydrogen-bond acceptors (Lipinski definition) is 5. The van der Waals surface area contributed by atoms with Gasteiger partial charge in [0.15, 0.2) is 0 Å². The number of carboxylic acids is 1. The first-order chi connectivity index (χ1) is 9.95. The van der Waals surface area contributed by atoms with Gasteiger partial charge in [-0.1, -0.05) is 0 Å². The summed E-state index contributed by atoms with van der Waals surface area (Å²) in [7, 11) is 0. The largest absolute Gasteiger partial charge is 0.481 e. The van der Waals surface area contributed by atoms with Crippen molar-refractivity contribution in [3.8, 4) is 0 Å². The van der Waals surface area contributed by atoms with Gasteiger partial charge in [0.1, 0.15) is 12.4 Å². The van der Waals surface area contributed by atoms with Gasteiger partial charge in [0.2, 0.25) is 5.91 Å². The van der Waals surface area contributed by atoms with Gasteiger partial charge in [0.25, 0.3) is 0 Å². The van der Waals surface area contributed by atoms with Crippen molar-refractivity contribution in [3.63, 3.8) is 0 Å². The molecule has 9 nitrogen and oxygen atoms in total. The molecule has 0 aromatic carbocycles. The quantitative estimate of drug-likeness (QED) is 0.583. The fraction of sp³-hybridized carbons (Fsp3) is 0.583. The van der Waals surface area contributed by atoms with Crippen molar-refractivity contribution in [3.05, 3.63) is 22.5 Å². The highest BCUT2D eigenvalue weighted by molar-refractivity contribution is 5.76. The molecule has 0 bridgehead atoms. The molecule has 9 heteroatoms. The Bertz CT molecular complexity index is 556. The SMILES string of the molecule is O=C(CCn1cc([N+](=O)[O-])cn1)N[C@@H]1CC[C@H](C(=O)O)C1. The Labute approximate surface area is 120 Å². The van der Waals surface area contributed by atoms with Crippen molar-refractivity contribution in [2.24, 2.45) is 5.92 Å². The van der Waals surface area contributed by atoms with Crippen molar-refractivity contribution in [2.45, 2.75) is 38.3 Å². The van der Waals surface area contributed by atoms with Crippen LogP contribution in [0.3, 0.4) is 0 Å². The van der Waals surface area contributed by atoms with Gasteiger partial charge in [0, 0.05) is 19.0 Å². The van der Waals surface area contributed by atoms with Crippen LogP contribution in [0.4, 0.5) is 5.69 Å². The predicted molar refractivity (Wildman–Crippen MR) is 70.4 cm³/mol. The Morgan fingerprint density at radius 2 is 2.29 bits per heavy atom. The van der Waals surface area contributed by atoms with E-state index in [2.05, 4.69) is 10.4 Å². The monoisotopic (exact) mass is 296 g/mol. The van der Waals surface area contributed by atoms with E-state index >= 15 is 0 Å². The average Bonchev–Trinajstić information content (AvgIpc) is 3.05. The van der Waals surface area contributed by atoms with Crippen LogP contribution in [-0.4, -0.2) is 37.7 Å². The Hall–Kier alpha value is -2.45. The van der Waals surface area contributed by atoms with E-state index in [9.17, 15) is 19.7 Å². The summed E-state index contributed by atoms with van der Waals surface area (Å²) in [5, 5.41) is 26.0. The normalized spacial score (nSPS) is 21.1. The molecule has 1 saturated carbocycles. The van der Waals surface area contributed by atoms with E-state index in [1.54, 1.807) is 0 Å². The van der Waals surface area contributed by atoms with Crippen LogP contribution in [0.15, 0.2) is 12.4 Å². The molecule has 1 fully saturated rings. The van der Waals surface area contributed by atoms with Gasteiger partial charge < -0.3 is 10.4 Å². The lowest BCUT2D eigenvalue weighted by Gasteiger charge is -2.12. The molecule has 2 rings (SSSR count). The van der Waals surface area contributed by atoms with E-state index in [1.165, 1.54) is 10.9 Å². The number of nitrogens with one attached hydrogen (secondary N) is 1. The third-order valence-electron chi connectivity index (χ3n) is 3.55. The van der Waals surface area contributed by atoms with Crippen LogP contribution < -0.4 is 5.32 Å². The molecule has 2 N–H and O–H groups in total. The van der Waals surface area contributed by atoms with E-state index in [1.807, 2.05) is 0 Å². The molecule has 21 heavy (non-hydrogen) atoms. The van der Waals surface area contributed by atoms with Crippen LogP contribution in [0.1, 0.15) is 25.7 Å². The lowest BCUT2D eigenvalue weighted by Crippen LogP contribution is -2.33. The van der Waals surface area contributed by atoms with Gasteiger partial charge >= 0.3 is 11.7 Å². The van der Waals surface area contributed by atoms with Crippen LogP contribution in [0.25, 0.3) is 0 Å².